The summed E-state index contributed by atoms with van der Waals surface area (Å²) in [6.07, 6.45) is -0.165. The van der Waals surface area contributed by atoms with E-state index in [2.05, 4.69) is 16.6 Å². The van der Waals surface area contributed by atoms with Crippen molar-refractivity contribution in [2.45, 2.75) is 32.5 Å². The maximum Gasteiger partial charge on any atom is 0.374 e. The first-order valence-electron chi connectivity index (χ1n) is 6.69. The van der Waals surface area contributed by atoms with E-state index in [4.69, 9.17) is 9.15 Å². The summed E-state index contributed by atoms with van der Waals surface area (Å²) in [5.41, 5.74) is 0.770. The number of carbonyl (C=O) groups is 1. The number of aliphatic hydroxyl groups is 1. The zero-order valence-electron chi connectivity index (χ0n) is 12.1. The van der Waals surface area contributed by atoms with Crippen molar-refractivity contribution in [2.75, 3.05) is 26.9 Å². The Bertz CT molecular complexity index is 470. The van der Waals surface area contributed by atoms with Crippen molar-refractivity contribution >= 4 is 5.97 Å². The van der Waals surface area contributed by atoms with E-state index in [0.717, 1.165) is 5.56 Å². The van der Waals surface area contributed by atoms with Crippen LogP contribution in [0.4, 0.5) is 0 Å². The number of nitrogens with zero attached hydrogens (tertiary/aromatic N) is 1. The maximum atomic E-state index is 11.5. The predicted octanol–water partition coefficient (Wildman–Crippen LogP) is 0.956. The largest absolute Gasteiger partial charge is 0.463 e. The Balaban J connectivity index is 2.07. The quantitative estimate of drug-likeness (QED) is 0.830. The molecule has 6 heteroatoms. The number of aliphatic hydroxyl groups excluding tert-OH is 1. The number of carbonyl (C=O) groups excluding carboxylic acids is 1. The van der Waals surface area contributed by atoms with Crippen molar-refractivity contribution in [1.82, 2.24) is 4.90 Å². The predicted molar refractivity (Wildman–Crippen MR) is 71.5 cm³/mol. The molecule has 0 radical (unpaired) electrons. The van der Waals surface area contributed by atoms with Gasteiger partial charge in [0.1, 0.15) is 5.76 Å². The fourth-order valence-electron chi connectivity index (χ4n) is 2.33. The Morgan fingerprint density at radius 2 is 2.35 bits per heavy atom. The van der Waals surface area contributed by atoms with Crippen molar-refractivity contribution in [3.8, 4) is 0 Å². The Labute approximate surface area is 118 Å². The number of esters is 1. The number of hydrogen-bond donors (Lipinski definition) is 1. The lowest BCUT2D eigenvalue weighted by atomic mass is 10.2. The first-order chi connectivity index (χ1) is 9.55. The van der Waals surface area contributed by atoms with Crippen LogP contribution in [0, 0.1) is 6.92 Å². The molecule has 0 bridgehead atoms. The highest BCUT2D eigenvalue weighted by molar-refractivity contribution is 5.87. The van der Waals surface area contributed by atoms with Crippen molar-refractivity contribution < 1.29 is 23.8 Å². The molecule has 6 nitrogen and oxygen atoms in total. The number of morpholine rings is 1. The lowest BCUT2D eigenvalue weighted by Crippen LogP contribution is -2.48. The summed E-state index contributed by atoms with van der Waals surface area (Å²) in [6, 6.07) is 2.09. The van der Waals surface area contributed by atoms with Gasteiger partial charge in [0, 0.05) is 18.2 Å². The summed E-state index contributed by atoms with van der Waals surface area (Å²) >= 11 is 0. The smallest absolute Gasteiger partial charge is 0.374 e. The third-order valence-corrected chi connectivity index (χ3v) is 3.54. The van der Waals surface area contributed by atoms with Gasteiger partial charge in [-0.3, -0.25) is 4.90 Å². The van der Waals surface area contributed by atoms with Crippen LogP contribution in [0.15, 0.2) is 10.5 Å². The van der Waals surface area contributed by atoms with Gasteiger partial charge >= 0.3 is 5.97 Å². The van der Waals surface area contributed by atoms with Gasteiger partial charge in [0.15, 0.2) is 0 Å². The van der Waals surface area contributed by atoms with Crippen molar-refractivity contribution in [3.05, 3.63) is 23.2 Å². The van der Waals surface area contributed by atoms with E-state index in [-0.39, 0.29) is 24.5 Å². The van der Waals surface area contributed by atoms with Crippen molar-refractivity contribution in [3.63, 3.8) is 0 Å². The second-order valence-electron chi connectivity index (χ2n) is 5.13. The number of rotatable bonds is 4. The number of ether oxygens (including phenoxy) is 2. The highest BCUT2D eigenvalue weighted by Crippen LogP contribution is 2.20. The molecule has 112 valence electrons. The van der Waals surface area contributed by atoms with Crippen molar-refractivity contribution in [2.24, 2.45) is 0 Å². The lowest BCUT2D eigenvalue weighted by molar-refractivity contribution is -0.0820. The fraction of sp³-hybridized carbons (Fsp3) is 0.643. The van der Waals surface area contributed by atoms with E-state index >= 15 is 0 Å². The number of hydrogen-bond acceptors (Lipinski definition) is 6. The molecular formula is C14H21NO5. The Hall–Kier alpha value is -1.37. The van der Waals surface area contributed by atoms with Crippen LogP contribution in [0.5, 0.6) is 0 Å². The molecule has 1 fully saturated rings. The second-order valence-corrected chi connectivity index (χ2v) is 5.13. The monoisotopic (exact) mass is 283 g/mol. The van der Waals surface area contributed by atoms with E-state index in [1.54, 1.807) is 0 Å². The van der Waals surface area contributed by atoms with Crippen LogP contribution in [-0.4, -0.2) is 55.0 Å². The molecule has 2 atom stereocenters. The third-order valence-electron chi connectivity index (χ3n) is 3.54. The average molecular weight is 283 g/mol. The molecule has 2 heterocycles. The summed E-state index contributed by atoms with van der Waals surface area (Å²) in [7, 11) is 1.33. The van der Waals surface area contributed by atoms with Gasteiger partial charge < -0.3 is 19.0 Å². The van der Waals surface area contributed by atoms with Gasteiger partial charge in [-0.2, -0.15) is 0 Å². The topological polar surface area (TPSA) is 72.1 Å². The van der Waals surface area contributed by atoms with Gasteiger partial charge in [-0.1, -0.05) is 0 Å². The van der Waals surface area contributed by atoms with Crippen LogP contribution in [0.25, 0.3) is 0 Å². The molecular weight excluding hydrogens is 262 g/mol. The summed E-state index contributed by atoms with van der Waals surface area (Å²) < 4.78 is 15.7. The SMILES string of the molecule is COC(=O)c1oc(CN2CC(CO)OCC2C)cc1C. The molecule has 1 N–H and O–H groups in total. The Morgan fingerprint density at radius 1 is 1.60 bits per heavy atom. The summed E-state index contributed by atoms with van der Waals surface area (Å²) in [4.78, 5) is 13.7. The van der Waals surface area contributed by atoms with Crippen molar-refractivity contribution in [1.29, 1.82) is 0 Å². The molecule has 0 spiro atoms. The number of aryl methyl sites for hydroxylation is 1. The summed E-state index contributed by atoms with van der Waals surface area (Å²) in [6.45, 7) is 5.69. The Morgan fingerprint density at radius 3 is 3.00 bits per heavy atom. The fourth-order valence-corrected chi connectivity index (χ4v) is 2.33. The molecule has 2 unspecified atom stereocenters. The third kappa shape index (κ3) is 3.20. The maximum absolute atomic E-state index is 11.5. The zero-order chi connectivity index (χ0) is 14.7. The number of furan rings is 1. The van der Waals surface area contributed by atoms with Gasteiger partial charge in [0.05, 0.1) is 33.0 Å². The first-order valence-corrected chi connectivity index (χ1v) is 6.69. The molecule has 20 heavy (non-hydrogen) atoms. The Kier molecular flexibility index (Phi) is 4.80. The van der Waals surface area contributed by atoms with Gasteiger partial charge in [0.25, 0.3) is 0 Å². The van der Waals surface area contributed by atoms with Crippen LogP contribution in [0.2, 0.25) is 0 Å². The summed E-state index contributed by atoms with van der Waals surface area (Å²) in [5, 5.41) is 9.18. The van der Waals surface area contributed by atoms with Gasteiger partial charge in [-0.05, 0) is 19.9 Å². The van der Waals surface area contributed by atoms with Gasteiger partial charge in [-0.15, -0.1) is 0 Å². The molecule has 0 saturated carbocycles. The van der Waals surface area contributed by atoms with E-state index in [1.807, 2.05) is 13.0 Å². The van der Waals surface area contributed by atoms with E-state index < -0.39 is 5.97 Å². The molecule has 1 aliphatic rings. The lowest BCUT2D eigenvalue weighted by Gasteiger charge is -2.36. The minimum atomic E-state index is -0.461. The zero-order valence-corrected chi connectivity index (χ0v) is 12.1. The molecule has 0 aromatic carbocycles. The first kappa shape index (κ1) is 15.0. The van der Waals surface area contributed by atoms with Crippen LogP contribution in [0.3, 0.4) is 0 Å². The van der Waals surface area contributed by atoms with E-state index in [9.17, 15) is 9.90 Å². The number of methoxy groups -OCH3 is 1. The summed E-state index contributed by atoms with van der Waals surface area (Å²) in [5.74, 6) is 0.507. The van der Waals surface area contributed by atoms with Crippen LogP contribution in [-0.2, 0) is 16.0 Å². The minimum Gasteiger partial charge on any atom is -0.463 e. The van der Waals surface area contributed by atoms with Crippen LogP contribution >= 0.6 is 0 Å². The molecule has 1 aromatic rings. The van der Waals surface area contributed by atoms with Gasteiger partial charge in [0.2, 0.25) is 5.76 Å². The molecule has 1 aromatic heterocycles. The standard InChI is InChI=1S/C14H21NO5/c1-9-4-11(20-13(9)14(17)18-3)5-15-6-12(7-16)19-8-10(15)2/h4,10,12,16H,5-8H2,1-3H3. The van der Waals surface area contributed by atoms with Gasteiger partial charge in [-0.25, -0.2) is 4.79 Å². The minimum absolute atomic E-state index is 0.00775. The molecule has 0 amide bonds. The molecule has 2 rings (SSSR count). The van der Waals surface area contributed by atoms with E-state index in [1.165, 1.54) is 7.11 Å². The van der Waals surface area contributed by atoms with Crippen LogP contribution in [0.1, 0.15) is 28.8 Å². The highest BCUT2D eigenvalue weighted by atomic mass is 16.5. The van der Waals surface area contributed by atoms with Crippen LogP contribution < -0.4 is 0 Å². The molecule has 0 aliphatic carbocycles. The normalized spacial score (nSPS) is 23.8. The average Bonchev–Trinajstić information content (AvgIpc) is 2.81. The van der Waals surface area contributed by atoms with E-state index in [0.29, 0.717) is 25.5 Å². The second kappa shape index (κ2) is 6.39. The molecule has 1 saturated heterocycles. The molecule has 1 aliphatic heterocycles. The highest BCUT2D eigenvalue weighted by Gasteiger charge is 2.27.